The van der Waals surface area contributed by atoms with Gasteiger partial charge in [0.25, 0.3) is 5.91 Å². The van der Waals surface area contributed by atoms with E-state index in [1.807, 2.05) is 0 Å². The maximum absolute atomic E-state index is 12.3. The standard InChI is InChI=1S/C27H28N4O2/c1-30-25(15-24(29-30)21-9-8-18-5-2-3-6-19(18)13-21)23-17-31-11-10-20(23)14-22(31)16-28-27(32)26-7-4-12-33-26/h2-9,12-13,15,20,22-23H,10-11,14,16-17H2,1H3,(H,28,32)/t20-,22+,23+/m0/s1. The van der Waals surface area contributed by atoms with Crippen LogP contribution in [-0.4, -0.2) is 46.3 Å². The van der Waals surface area contributed by atoms with Gasteiger partial charge in [-0.05, 0) is 60.3 Å². The molecule has 33 heavy (non-hydrogen) atoms. The zero-order valence-electron chi connectivity index (χ0n) is 18.8. The molecule has 3 aliphatic rings. The highest BCUT2D eigenvalue weighted by Gasteiger charge is 2.41. The SMILES string of the molecule is Cn1nc(-c2ccc3ccccc3c2)cc1[C@@H]1CN2CC[C@H]1C[C@@H]2CNC(=O)c1ccco1. The first-order valence-corrected chi connectivity index (χ1v) is 11.7. The van der Waals surface area contributed by atoms with Gasteiger partial charge in [-0.1, -0.05) is 36.4 Å². The number of nitrogens with zero attached hydrogens (tertiary/aromatic N) is 3. The number of nitrogens with one attached hydrogen (secondary N) is 1. The van der Waals surface area contributed by atoms with E-state index in [9.17, 15) is 4.79 Å². The minimum Gasteiger partial charge on any atom is -0.459 e. The summed E-state index contributed by atoms with van der Waals surface area (Å²) in [7, 11) is 2.07. The van der Waals surface area contributed by atoms with Crippen LogP contribution in [0.3, 0.4) is 0 Å². The van der Waals surface area contributed by atoms with Crippen molar-refractivity contribution in [2.24, 2.45) is 13.0 Å². The van der Waals surface area contributed by atoms with E-state index < -0.39 is 0 Å². The largest absolute Gasteiger partial charge is 0.459 e. The van der Waals surface area contributed by atoms with Crippen LogP contribution in [0.5, 0.6) is 0 Å². The third kappa shape index (κ3) is 3.74. The second-order valence-electron chi connectivity index (χ2n) is 9.37. The Hall–Kier alpha value is -3.38. The van der Waals surface area contributed by atoms with Gasteiger partial charge in [0.1, 0.15) is 0 Å². The lowest BCUT2D eigenvalue weighted by molar-refractivity contribution is 0.0278. The summed E-state index contributed by atoms with van der Waals surface area (Å²) in [6, 6.07) is 21.1. The molecule has 0 spiro atoms. The summed E-state index contributed by atoms with van der Waals surface area (Å²) < 4.78 is 7.29. The van der Waals surface area contributed by atoms with Crippen LogP contribution in [0.25, 0.3) is 22.0 Å². The Kier molecular flexibility index (Phi) is 5.03. The van der Waals surface area contributed by atoms with E-state index in [1.54, 1.807) is 12.1 Å². The molecule has 1 amide bonds. The van der Waals surface area contributed by atoms with Crippen molar-refractivity contribution in [1.82, 2.24) is 20.0 Å². The van der Waals surface area contributed by atoms with Crippen molar-refractivity contribution in [2.75, 3.05) is 19.6 Å². The minimum absolute atomic E-state index is 0.133. The lowest BCUT2D eigenvalue weighted by Gasteiger charge is -2.49. The normalized spacial score (nSPS) is 24.3. The van der Waals surface area contributed by atoms with Crippen LogP contribution in [0, 0.1) is 5.92 Å². The molecule has 1 unspecified atom stereocenters. The molecule has 5 heterocycles. The highest BCUT2D eigenvalue weighted by atomic mass is 16.3. The molecule has 0 radical (unpaired) electrons. The van der Waals surface area contributed by atoms with Crippen molar-refractivity contribution in [1.29, 1.82) is 0 Å². The molecule has 1 N–H and O–H groups in total. The van der Waals surface area contributed by atoms with Crippen molar-refractivity contribution < 1.29 is 9.21 Å². The zero-order valence-corrected chi connectivity index (χ0v) is 18.8. The molecule has 168 valence electrons. The predicted octanol–water partition coefficient (Wildman–Crippen LogP) is 4.44. The second-order valence-corrected chi connectivity index (χ2v) is 9.37. The molecule has 4 aromatic rings. The predicted molar refractivity (Wildman–Crippen MR) is 128 cm³/mol. The maximum atomic E-state index is 12.3. The molecule has 3 fully saturated rings. The topological polar surface area (TPSA) is 63.3 Å². The average Bonchev–Trinajstić information content (AvgIpc) is 3.53. The van der Waals surface area contributed by atoms with Gasteiger partial charge >= 0.3 is 0 Å². The van der Waals surface area contributed by atoms with Crippen molar-refractivity contribution in [3.05, 3.63) is 78.4 Å². The minimum atomic E-state index is -0.133. The molecule has 2 aromatic heterocycles. The van der Waals surface area contributed by atoms with Crippen LogP contribution in [0.1, 0.15) is 35.0 Å². The van der Waals surface area contributed by atoms with Crippen LogP contribution in [0.4, 0.5) is 0 Å². The van der Waals surface area contributed by atoms with Gasteiger partial charge in [0.05, 0.1) is 12.0 Å². The fourth-order valence-corrected chi connectivity index (χ4v) is 5.71. The van der Waals surface area contributed by atoms with Crippen molar-refractivity contribution in [3.8, 4) is 11.3 Å². The van der Waals surface area contributed by atoms with Gasteiger partial charge in [-0.25, -0.2) is 0 Å². The van der Waals surface area contributed by atoms with Crippen molar-refractivity contribution >= 4 is 16.7 Å². The van der Waals surface area contributed by atoms with E-state index in [0.29, 0.717) is 30.2 Å². The Balaban J connectivity index is 1.18. The number of carbonyl (C=O) groups excluding carboxylic acids is 1. The van der Waals surface area contributed by atoms with Crippen LogP contribution in [0.2, 0.25) is 0 Å². The lowest BCUT2D eigenvalue weighted by Crippen LogP contribution is -2.56. The van der Waals surface area contributed by atoms with E-state index in [1.165, 1.54) is 29.2 Å². The summed E-state index contributed by atoms with van der Waals surface area (Å²) in [6.45, 7) is 2.77. The Morgan fingerprint density at radius 1 is 1.12 bits per heavy atom. The molecular formula is C27H28N4O2. The number of fused-ring (bicyclic) bond motifs is 4. The van der Waals surface area contributed by atoms with Crippen LogP contribution in [-0.2, 0) is 7.05 Å². The third-order valence-electron chi connectivity index (χ3n) is 7.46. The van der Waals surface area contributed by atoms with Crippen molar-refractivity contribution in [2.45, 2.75) is 24.8 Å². The Morgan fingerprint density at radius 3 is 2.79 bits per heavy atom. The second kappa shape index (κ2) is 8.19. The van der Waals surface area contributed by atoms with E-state index in [0.717, 1.165) is 30.8 Å². The van der Waals surface area contributed by atoms with E-state index in [4.69, 9.17) is 9.52 Å². The summed E-state index contributed by atoms with van der Waals surface area (Å²) in [5, 5.41) is 10.4. The zero-order chi connectivity index (χ0) is 22.4. The molecule has 6 nitrogen and oxygen atoms in total. The number of carbonyl (C=O) groups is 1. The first kappa shape index (κ1) is 20.2. The fraction of sp³-hybridized carbons (Fsp3) is 0.333. The number of rotatable bonds is 5. The number of hydrogen-bond donors (Lipinski definition) is 1. The summed E-state index contributed by atoms with van der Waals surface area (Å²) in [5.41, 5.74) is 3.51. The van der Waals surface area contributed by atoms with Gasteiger partial charge in [-0.3, -0.25) is 14.4 Å². The molecule has 0 aliphatic carbocycles. The molecule has 6 heteroatoms. The van der Waals surface area contributed by atoms with Crippen molar-refractivity contribution in [3.63, 3.8) is 0 Å². The average molecular weight is 441 g/mol. The number of piperidine rings is 3. The molecule has 2 aromatic carbocycles. The van der Waals surface area contributed by atoms with Crippen LogP contribution in [0.15, 0.2) is 71.3 Å². The summed E-state index contributed by atoms with van der Waals surface area (Å²) in [4.78, 5) is 14.8. The maximum Gasteiger partial charge on any atom is 0.287 e. The first-order chi connectivity index (χ1) is 16.2. The van der Waals surface area contributed by atoms with Gasteiger partial charge in [0.2, 0.25) is 0 Å². The molecule has 2 bridgehead atoms. The molecule has 4 atom stereocenters. The summed E-state index contributed by atoms with van der Waals surface area (Å²) in [5.74, 6) is 1.33. The Morgan fingerprint density at radius 2 is 2.00 bits per heavy atom. The summed E-state index contributed by atoms with van der Waals surface area (Å²) in [6.07, 6.45) is 3.83. The van der Waals surface area contributed by atoms with E-state index in [2.05, 4.69) is 70.5 Å². The quantitative estimate of drug-likeness (QED) is 0.498. The molecule has 3 aliphatic heterocycles. The van der Waals surface area contributed by atoms with E-state index >= 15 is 0 Å². The highest BCUT2D eigenvalue weighted by molar-refractivity contribution is 5.91. The molecule has 3 saturated heterocycles. The van der Waals surface area contributed by atoms with Crippen LogP contribution < -0.4 is 5.32 Å². The molecule has 0 saturated carbocycles. The Labute approximate surface area is 193 Å². The highest BCUT2D eigenvalue weighted by Crippen LogP contribution is 2.42. The number of furan rings is 1. The Bertz CT molecular complexity index is 1290. The number of aryl methyl sites for hydroxylation is 1. The van der Waals surface area contributed by atoms with Crippen LogP contribution >= 0.6 is 0 Å². The lowest BCUT2D eigenvalue weighted by atomic mass is 9.74. The first-order valence-electron chi connectivity index (χ1n) is 11.7. The molecular weight excluding hydrogens is 412 g/mol. The van der Waals surface area contributed by atoms with E-state index in [-0.39, 0.29) is 5.91 Å². The van der Waals surface area contributed by atoms with Gasteiger partial charge in [0, 0.05) is 43.4 Å². The van der Waals surface area contributed by atoms with Gasteiger partial charge in [0.15, 0.2) is 5.76 Å². The smallest absolute Gasteiger partial charge is 0.287 e. The summed E-state index contributed by atoms with van der Waals surface area (Å²) >= 11 is 0. The number of hydrogen-bond acceptors (Lipinski definition) is 4. The van der Waals surface area contributed by atoms with Gasteiger partial charge in [-0.15, -0.1) is 0 Å². The third-order valence-corrected chi connectivity index (χ3v) is 7.46. The van der Waals surface area contributed by atoms with Gasteiger partial charge in [-0.2, -0.15) is 5.10 Å². The molecule has 7 rings (SSSR count). The number of benzene rings is 2. The fourth-order valence-electron chi connectivity index (χ4n) is 5.71. The number of amides is 1. The number of aromatic nitrogens is 2. The monoisotopic (exact) mass is 440 g/mol. The van der Waals surface area contributed by atoms with Gasteiger partial charge < -0.3 is 9.73 Å².